The predicted molar refractivity (Wildman–Crippen MR) is 57.5 cm³/mol. The topological polar surface area (TPSA) is 26.0 Å². The minimum absolute atomic E-state index is 0.849. The van der Waals surface area contributed by atoms with Gasteiger partial charge < -0.3 is 5.73 Å². The molecule has 1 fully saturated rings. The van der Waals surface area contributed by atoms with Crippen molar-refractivity contribution in [3.05, 3.63) is 0 Å². The van der Waals surface area contributed by atoms with E-state index in [4.69, 9.17) is 5.73 Å². The van der Waals surface area contributed by atoms with E-state index < -0.39 is 0 Å². The Labute approximate surface area is 80.5 Å². The van der Waals surface area contributed by atoms with E-state index in [9.17, 15) is 0 Å². The van der Waals surface area contributed by atoms with Gasteiger partial charge >= 0.3 is 0 Å². The molecule has 0 bridgehead atoms. The maximum atomic E-state index is 5.72. The van der Waals surface area contributed by atoms with Crippen LogP contribution in [-0.2, 0) is 0 Å². The molecule has 0 amide bonds. The van der Waals surface area contributed by atoms with Gasteiger partial charge in [-0.3, -0.25) is 0 Å². The van der Waals surface area contributed by atoms with Gasteiger partial charge in [-0.15, -0.1) is 0 Å². The fourth-order valence-corrected chi connectivity index (χ4v) is 2.94. The van der Waals surface area contributed by atoms with Crippen LogP contribution >= 0.6 is 11.8 Å². The van der Waals surface area contributed by atoms with Crippen molar-refractivity contribution < 1.29 is 0 Å². The van der Waals surface area contributed by atoms with Crippen LogP contribution in [0.5, 0.6) is 0 Å². The Kier molecular flexibility index (Phi) is 5.08. The maximum absolute atomic E-state index is 5.72. The third-order valence-corrected chi connectivity index (χ3v) is 3.89. The van der Waals surface area contributed by atoms with Crippen LogP contribution < -0.4 is 5.73 Å². The first kappa shape index (κ1) is 10.4. The van der Waals surface area contributed by atoms with Crippen LogP contribution in [0, 0.1) is 11.8 Å². The zero-order chi connectivity index (χ0) is 8.81. The van der Waals surface area contributed by atoms with Crippen molar-refractivity contribution in [2.75, 3.05) is 18.1 Å². The zero-order valence-electron chi connectivity index (χ0n) is 8.09. The lowest BCUT2D eigenvalue weighted by atomic mass is 9.94. The lowest BCUT2D eigenvalue weighted by Crippen LogP contribution is -2.18. The Hall–Kier alpha value is 0.310. The summed E-state index contributed by atoms with van der Waals surface area (Å²) in [5.41, 5.74) is 5.72. The van der Waals surface area contributed by atoms with Crippen molar-refractivity contribution in [3.63, 3.8) is 0 Å². The quantitative estimate of drug-likeness (QED) is 0.669. The van der Waals surface area contributed by atoms with Gasteiger partial charge in [0, 0.05) is 0 Å². The summed E-state index contributed by atoms with van der Waals surface area (Å²) in [6, 6.07) is 0. The molecule has 2 heteroatoms. The summed E-state index contributed by atoms with van der Waals surface area (Å²) >= 11 is 2.07. The van der Waals surface area contributed by atoms with Crippen LogP contribution in [0.15, 0.2) is 0 Å². The summed E-state index contributed by atoms with van der Waals surface area (Å²) in [7, 11) is 0. The molecular formula is C10H21NS. The minimum Gasteiger partial charge on any atom is -0.330 e. The van der Waals surface area contributed by atoms with Crippen LogP contribution in [-0.4, -0.2) is 18.1 Å². The summed E-state index contributed by atoms with van der Waals surface area (Å²) in [5.74, 6) is 4.41. The highest BCUT2D eigenvalue weighted by atomic mass is 32.2. The number of hydrogen-bond acceptors (Lipinski definition) is 2. The van der Waals surface area contributed by atoms with Gasteiger partial charge in [0.05, 0.1) is 0 Å². The van der Waals surface area contributed by atoms with Gasteiger partial charge in [-0.05, 0) is 42.7 Å². The molecule has 0 radical (unpaired) electrons. The molecule has 2 unspecified atom stereocenters. The molecule has 0 aromatic heterocycles. The van der Waals surface area contributed by atoms with Gasteiger partial charge in [-0.25, -0.2) is 0 Å². The summed E-state index contributed by atoms with van der Waals surface area (Å²) < 4.78 is 0. The molecule has 2 atom stereocenters. The highest BCUT2D eigenvalue weighted by Gasteiger charge is 2.24. The second-order valence-electron chi connectivity index (χ2n) is 3.67. The normalized spacial score (nSPS) is 29.5. The molecule has 2 N–H and O–H groups in total. The first-order chi connectivity index (χ1) is 5.88. The summed E-state index contributed by atoms with van der Waals surface area (Å²) in [5, 5.41) is 0. The second-order valence-corrected chi connectivity index (χ2v) is 5.07. The molecule has 1 nitrogen and oxygen atoms in total. The number of thioether (sulfide) groups is 1. The van der Waals surface area contributed by atoms with E-state index in [1.807, 2.05) is 0 Å². The third-order valence-electron chi connectivity index (χ3n) is 2.96. The summed E-state index contributed by atoms with van der Waals surface area (Å²) in [6.07, 6.45) is 5.65. The van der Waals surface area contributed by atoms with Crippen LogP contribution in [0.25, 0.3) is 0 Å². The first-order valence-electron chi connectivity index (χ1n) is 5.16. The van der Waals surface area contributed by atoms with Crippen molar-refractivity contribution in [1.82, 2.24) is 0 Å². The van der Waals surface area contributed by atoms with E-state index in [0.29, 0.717) is 0 Å². The van der Waals surface area contributed by atoms with Gasteiger partial charge in [0.25, 0.3) is 0 Å². The molecule has 12 heavy (non-hydrogen) atoms. The molecule has 0 spiro atoms. The average Bonchev–Trinajstić information content (AvgIpc) is 2.52. The standard InChI is InChI=1S/C10H21NS/c1-2-12-7-6-9-4-3-5-10(9)8-11/h9-10H,2-8,11H2,1H3. The Bertz CT molecular complexity index is 116. The largest absolute Gasteiger partial charge is 0.330 e. The Morgan fingerprint density at radius 1 is 1.33 bits per heavy atom. The Morgan fingerprint density at radius 3 is 2.75 bits per heavy atom. The number of hydrogen-bond donors (Lipinski definition) is 1. The highest BCUT2D eigenvalue weighted by Crippen LogP contribution is 2.33. The molecule has 0 saturated heterocycles. The maximum Gasteiger partial charge on any atom is -0.00462 e. The first-order valence-corrected chi connectivity index (χ1v) is 6.31. The molecule has 1 saturated carbocycles. The smallest absolute Gasteiger partial charge is 0.00462 e. The van der Waals surface area contributed by atoms with Gasteiger partial charge in [0.2, 0.25) is 0 Å². The van der Waals surface area contributed by atoms with Crippen molar-refractivity contribution >= 4 is 11.8 Å². The molecule has 1 rings (SSSR count). The van der Waals surface area contributed by atoms with Crippen LogP contribution in [0.3, 0.4) is 0 Å². The van der Waals surface area contributed by atoms with Crippen molar-refractivity contribution in [1.29, 1.82) is 0 Å². The van der Waals surface area contributed by atoms with Gasteiger partial charge in [0.15, 0.2) is 0 Å². The second kappa shape index (κ2) is 5.87. The summed E-state index contributed by atoms with van der Waals surface area (Å²) in [6.45, 7) is 3.15. The summed E-state index contributed by atoms with van der Waals surface area (Å²) in [4.78, 5) is 0. The van der Waals surface area contributed by atoms with E-state index >= 15 is 0 Å². The SMILES string of the molecule is CCSCCC1CCCC1CN. The molecule has 0 aromatic rings. The van der Waals surface area contributed by atoms with Crippen LogP contribution in [0.2, 0.25) is 0 Å². The molecule has 1 aliphatic carbocycles. The molecular weight excluding hydrogens is 166 g/mol. The van der Waals surface area contributed by atoms with Gasteiger partial charge in [-0.1, -0.05) is 19.8 Å². The minimum atomic E-state index is 0.849. The van der Waals surface area contributed by atoms with Crippen molar-refractivity contribution in [3.8, 4) is 0 Å². The van der Waals surface area contributed by atoms with Gasteiger partial charge in [-0.2, -0.15) is 11.8 Å². The van der Waals surface area contributed by atoms with Gasteiger partial charge in [0.1, 0.15) is 0 Å². The third kappa shape index (κ3) is 2.98. The molecule has 0 aliphatic heterocycles. The molecule has 0 aromatic carbocycles. The van der Waals surface area contributed by atoms with Crippen molar-refractivity contribution in [2.45, 2.75) is 32.6 Å². The molecule has 72 valence electrons. The number of rotatable bonds is 5. The van der Waals surface area contributed by atoms with E-state index in [1.54, 1.807) is 0 Å². The highest BCUT2D eigenvalue weighted by molar-refractivity contribution is 7.99. The lowest BCUT2D eigenvalue weighted by Gasteiger charge is -2.16. The zero-order valence-corrected chi connectivity index (χ0v) is 8.91. The van der Waals surface area contributed by atoms with E-state index in [1.165, 1.54) is 37.2 Å². The average molecular weight is 187 g/mol. The predicted octanol–water partition coefficient (Wildman–Crippen LogP) is 2.50. The number of nitrogens with two attached hydrogens (primary N) is 1. The Morgan fingerprint density at radius 2 is 2.08 bits per heavy atom. The van der Waals surface area contributed by atoms with Crippen LogP contribution in [0.1, 0.15) is 32.6 Å². The monoisotopic (exact) mass is 187 g/mol. The Balaban J connectivity index is 2.12. The lowest BCUT2D eigenvalue weighted by molar-refractivity contribution is 0.388. The van der Waals surface area contributed by atoms with E-state index in [-0.39, 0.29) is 0 Å². The molecule has 0 heterocycles. The molecule has 1 aliphatic rings. The van der Waals surface area contributed by atoms with E-state index in [0.717, 1.165) is 18.4 Å². The van der Waals surface area contributed by atoms with E-state index in [2.05, 4.69) is 18.7 Å². The fraction of sp³-hybridized carbons (Fsp3) is 1.00. The van der Waals surface area contributed by atoms with Crippen molar-refractivity contribution in [2.24, 2.45) is 17.6 Å². The fourth-order valence-electron chi connectivity index (χ4n) is 2.18. The van der Waals surface area contributed by atoms with Crippen LogP contribution in [0.4, 0.5) is 0 Å².